The van der Waals surface area contributed by atoms with Crippen molar-refractivity contribution in [2.24, 2.45) is 5.73 Å². The minimum absolute atomic E-state index is 0.00874. The standard InChI is InChI=1S/C15H19N3O5/c1-23-9-13(19)18-8-10(16)15(22)17(7-6-14(20)21)11-4-2-3-5-12(11)18/h2-5,10H,6-9,16H2,1H3,(H,20,21)/t10-/m0/s1. The van der Waals surface area contributed by atoms with E-state index in [1.165, 1.54) is 16.9 Å². The van der Waals surface area contributed by atoms with Crippen LogP contribution in [0.25, 0.3) is 0 Å². The molecule has 0 saturated heterocycles. The Morgan fingerprint density at radius 1 is 1.35 bits per heavy atom. The van der Waals surface area contributed by atoms with Gasteiger partial charge in [-0.15, -0.1) is 0 Å². The van der Waals surface area contributed by atoms with Gasteiger partial charge in [-0.2, -0.15) is 0 Å². The molecule has 0 bridgehead atoms. The second kappa shape index (κ2) is 7.21. The van der Waals surface area contributed by atoms with E-state index in [2.05, 4.69) is 0 Å². The Balaban J connectivity index is 2.44. The molecule has 8 nitrogen and oxygen atoms in total. The van der Waals surface area contributed by atoms with E-state index in [4.69, 9.17) is 15.6 Å². The van der Waals surface area contributed by atoms with Gasteiger partial charge in [-0.3, -0.25) is 14.4 Å². The Morgan fingerprint density at radius 2 is 2.00 bits per heavy atom. The van der Waals surface area contributed by atoms with Gasteiger partial charge in [-0.05, 0) is 12.1 Å². The SMILES string of the molecule is COCC(=O)N1C[C@H](N)C(=O)N(CCC(=O)O)c2ccccc21. The maximum absolute atomic E-state index is 12.5. The van der Waals surface area contributed by atoms with Crippen molar-refractivity contribution in [2.45, 2.75) is 12.5 Å². The first kappa shape index (κ1) is 16.9. The molecule has 3 N–H and O–H groups in total. The molecule has 0 aromatic heterocycles. The Hall–Kier alpha value is -2.45. The predicted molar refractivity (Wildman–Crippen MR) is 83.3 cm³/mol. The molecule has 1 aliphatic heterocycles. The van der Waals surface area contributed by atoms with E-state index in [0.29, 0.717) is 11.4 Å². The number of rotatable bonds is 5. The lowest BCUT2D eigenvalue weighted by molar-refractivity contribution is -0.136. The van der Waals surface area contributed by atoms with Gasteiger partial charge in [-0.25, -0.2) is 0 Å². The topological polar surface area (TPSA) is 113 Å². The Kier molecular flexibility index (Phi) is 5.30. The first-order chi connectivity index (χ1) is 11.0. The second-order valence-electron chi connectivity index (χ2n) is 5.17. The number of carbonyl (C=O) groups excluding carboxylic acids is 2. The van der Waals surface area contributed by atoms with Gasteiger partial charge in [0.2, 0.25) is 5.91 Å². The molecule has 0 saturated carbocycles. The summed E-state index contributed by atoms with van der Waals surface area (Å²) < 4.78 is 4.87. The highest BCUT2D eigenvalue weighted by molar-refractivity contribution is 6.07. The first-order valence-electron chi connectivity index (χ1n) is 7.12. The molecule has 1 atom stereocenters. The summed E-state index contributed by atoms with van der Waals surface area (Å²) in [6, 6.07) is 5.89. The average Bonchev–Trinajstić information content (AvgIpc) is 2.62. The molecule has 0 unspecified atom stereocenters. The van der Waals surface area contributed by atoms with E-state index < -0.39 is 17.9 Å². The number of fused-ring (bicyclic) bond motifs is 1. The van der Waals surface area contributed by atoms with Crippen LogP contribution >= 0.6 is 0 Å². The van der Waals surface area contributed by atoms with Crippen LogP contribution in [0.4, 0.5) is 11.4 Å². The third-order valence-electron chi connectivity index (χ3n) is 3.54. The number of hydrogen-bond acceptors (Lipinski definition) is 5. The van der Waals surface area contributed by atoms with Crippen molar-refractivity contribution in [3.05, 3.63) is 24.3 Å². The number of methoxy groups -OCH3 is 1. The second-order valence-corrected chi connectivity index (χ2v) is 5.17. The summed E-state index contributed by atoms with van der Waals surface area (Å²) in [6.45, 7) is -0.128. The maximum atomic E-state index is 12.5. The monoisotopic (exact) mass is 321 g/mol. The number of nitrogens with two attached hydrogens (primary N) is 1. The van der Waals surface area contributed by atoms with Crippen molar-refractivity contribution < 1.29 is 24.2 Å². The predicted octanol–water partition coefficient (Wildman–Crippen LogP) is -0.185. The van der Waals surface area contributed by atoms with Crippen molar-refractivity contribution in [1.82, 2.24) is 0 Å². The molecule has 2 rings (SSSR count). The number of carboxylic acids is 1. The Morgan fingerprint density at radius 3 is 2.61 bits per heavy atom. The molecular formula is C15H19N3O5. The largest absolute Gasteiger partial charge is 0.481 e. The molecule has 0 radical (unpaired) electrons. The van der Waals surface area contributed by atoms with Crippen molar-refractivity contribution in [3.8, 4) is 0 Å². The van der Waals surface area contributed by atoms with E-state index in [9.17, 15) is 14.4 Å². The minimum atomic E-state index is -1.01. The van der Waals surface area contributed by atoms with Crippen LogP contribution in [-0.2, 0) is 19.1 Å². The van der Waals surface area contributed by atoms with E-state index >= 15 is 0 Å². The fourth-order valence-corrected chi connectivity index (χ4v) is 2.49. The lowest BCUT2D eigenvalue weighted by Gasteiger charge is -2.24. The lowest BCUT2D eigenvalue weighted by atomic mass is 10.2. The number of amides is 2. The number of nitrogens with zero attached hydrogens (tertiary/aromatic N) is 2. The highest BCUT2D eigenvalue weighted by atomic mass is 16.5. The summed E-state index contributed by atoms with van der Waals surface area (Å²) in [5.74, 6) is -1.74. The molecule has 1 heterocycles. The Bertz CT molecular complexity index is 619. The Labute approximate surface area is 133 Å². The van der Waals surface area contributed by atoms with Gasteiger partial charge in [-0.1, -0.05) is 12.1 Å². The van der Waals surface area contributed by atoms with Gasteiger partial charge in [0.1, 0.15) is 12.6 Å². The molecular weight excluding hydrogens is 302 g/mol. The highest BCUT2D eigenvalue weighted by Crippen LogP contribution is 2.32. The number of para-hydroxylation sites is 2. The zero-order valence-electron chi connectivity index (χ0n) is 12.8. The van der Waals surface area contributed by atoms with Crippen LogP contribution in [0.2, 0.25) is 0 Å². The summed E-state index contributed by atoms with van der Waals surface area (Å²) in [4.78, 5) is 38.3. The van der Waals surface area contributed by atoms with Crippen molar-refractivity contribution in [3.63, 3.8) is 0 Å². The number of carbonyl (C=O) groups is 3. The lowest BCUT2D eigenvalue weighted by Crippen LogP contribution is -2.49. The van der Waals surface area contributed by atoms with E-state index in [-0.39, 0.29) is 32.0 Å². The van der Waals surface area contributed by atoms with Crippen molar-refractivity contribution >= 4 is 29.2 Å². The third-order valence-corrected chi connectivity index (χ3v) is 3.54. The smallest absolute Gasteiger partial charge is 0.305 e. The summed E-state index contributed by atoms with van der Waals surface area (Å²) in [6.07, 6.45) is -0.210. The quantitative estimate of drug-likeness (QED) is 0.777. The first-order valence-corrected chi connectivity index (χ1v) is 7.12. The molecule has 23 heavy (non-hydrogen) atoms. The van der Waals surface area contributed by atoms with E-state index in [1.807, 2.05) is 0 Å². The number of anilines is 2. The molecule has 2 amide bonds. The molecule has 0 fully saturated rings. The van der Waals surface area contributed by atoms with Gasteiger partial charge in [0.25, 0.3) is 5.91 Å². The molecule has 8 heteroatoms. The molecule has 1 aliphatic rings. The van der Waals surface area contributed by atoms with E-state index in [0.717, 1.165) is 0 Å². The average molecular weight is 321 g/mol. The van der Waals surface area contributed by atoms with Crippen LogP contribution in [0, 0.1) is 0 Å². The van der Waals surface area contributed by atoms with Crippen LogP contribution in [-0.4, -0.2) is 55.7 Å². The third kappa shape index (κ3) is 3.66. The molecule has 0 aliphatic carbocycles. The molecule has 1 aromatic carbocycles. The van der Waals surface area contributed by atoms with Crippen LogP contribution in [0.15, 0.2) is 24.3 Å². The number of benzene rings is 1. The van der Waals surface area contributed by atoms with Crippen LogP contribution in [0.3, 0.4) is 0 Å². The van der Waals surface area contributed by atoms with Crippen LogP contribution < -0.4 is 15.5 Å². The normalized spacial score (nSPS) is 17.7. The summed E-state index contributed by atoms with van der Waals surface area (Å²) >= 11 is 0. The fraction of sp³-hybridized carbons (Fsp3) is 0.400. The van der Waals surface area contributed by atoms with E-state index in [1.54, 1.807) is 24.3 Å². The zero-order valence-corrected chi connectivity index (χ0v) is 12.8. The van der Waals surface area contributed by atoms with Gasteiger partial charge >= 0.3 is 5.97 Å². The van der Waals surface area contributed by atoms with Crippen LogP contribution in [0.1, 0.15) is 6.42 Å². The van der Waals surface area contributed by atoms with Gasteiger partial charge in [0, 0.05) is 13.7 Å². The number of aliphatic carboxylic acids is 1. The van der Waals surface area contributed by atoms with Gasteiger partial charge in [0.15, 0.2) is 0 Å². The summed E-state index contributed by atoms with van der Waals surface area (Å²) in [5.41, 5.74) is 6.89. The maximum Gasteiger partial charge on any atom is 0.305 e. The summed E-state index contributed by atoms with van der Waals surface area (Å²) in [7, 11) is 1.41. The highest BCUT2D eigenvalue weighted by Gasteiger charge is 2.33. The van der Waals surface area contributed by atoms with Gasteiger partial charge < -0.3 is 25.4 Å². The molecule has 1 aromatic rings. The van der Waals surface area contributed by atoms with Crippen LogP contribution in [0.5, 0.6) is 0 Å². The molecule has 0 spiro atoms. The number of ether oxygens (including phenoxy) is 1. The summed E-state index contributed by atoms with van der Waals surface area (Å²) in [5, 5.41) is 8.87. The zero-order chi connectivity index (χ0) is 17.0. The fourth-order valence-electron chi connectivity index (χ4n) is 2.49. The molecule has 124 valence electrons. The van der Waals surface area contributed by atoms with Crippen molar-refractivity contribution in [2.75, 3.05) is 36.6 Å². The van der Waals surface area contributed by atoms with Crippen molar-refractivity contribution in [1.29, 1.82) is 0 Å². The minimum Gasteiger partial charge on any atom is -0.481 e. The number of carboxylic acid groups (broad SMARTS) is 1. The number of hydrogen-bond donors (Lipinski definition) is 2. The van der Waals surface area contributed by atoms with Gasteiger partial charge in [0.05, 0.1) is 24.3 Å².